The van der Waals surface area contributed by atoms with Gasteiger partial charge in [-0.3, -0.25) is 0 Å². The number of rotatable bonds is 5. The molecule has 3 nitrogen and oxygen atoms in total. The molecule has 1 aromatic heterocycles. The fraction of sp³-hybridized carbons (Fsp3) is 0.203. The van der Waals surface area contributed by atoms with E-state index in [4.69, 9.17) is 4.98 Å². The number of nitrogens with zero attached hydrogens (tertiary/aromatic N) is 3. The molecule has 2 aliphatic heterocycles. The van der Waals surface area contributed by atoms with E-state index < -0.39 is 0 Å². The summed E-state index contributed by atoms with van der Waals surface area (Å²) in [7, 11) is 0. The van der Waals surface area contributed by atoms with Crippen molar-refractivity contribution in [3.63, 3.8) is 0 Å². The number of anilines is 6. The van der Waals surface area contributed by atoms with Crippen LogP contribution < -0.4 is 26.2 Å². The van der Waals surface area contributed by atoms with Gasteiger partial charge in [0.1, 0.15) is 0 Å². The van der Waals surface area contributed by atoms with Crippen LogP contribution in [0.3, 0.4) is 0 Å². The zero-order valence-electron chi connectivity index (χ0n) is 50.2. The van der Waals surface area contributed by atoms with Gasteiger partial charge in [-0.2, -0.15) is 0 Å². The molecular weight excluding hydrogens is 1000 g/mol. The summed E-state index contributed by atoms with van der Waals surface area (Å²) in [5.74, 6) is 0. The predicted octanol–water partition coefficient (Wildman–Crippen LogP) is 20.0. The largest absolute Gasteiger partial charge is 0.311 e. The van der Waals surface area contributed by atoms with Crippen molar-refractivity contribution in [2.24, 2.45) is 0 Å². The molecule has 406 valence electrons. The van der Waals surface area contributed by atoms with Gasteiger partial charge in [0.25, 0.3) is 6.71 Å². The minimum absolute atomic E-state index is 0.128. The molecule has 0 saturated carbocycles. The molecule has 0 bridgehead atoms. The second-order valence-corrected chi connectivity index (χ2v) is 27.8. The van der Waals surface area contributed by atoms with Crippen LogP contribution in [0.15, 0.2) is 218 Å². The number of hydrogen-bond acceptors (Lipinski definition) is 3. The Bertz CT molecular complexity index is 4250. The number of fused-ring (bicyclic) bond motifs is 10. The van der Waals surface area contributed by atoms with Crippen LogP contribution in [0.25, 0.3) is 76.7 Å². The highest BCUT2D eigenvalue weighted by Gasteiger charge is 2.46. The van der Waals surface area contributed by atoms with E-state index in [0.29, 0.717) is 0 Å². The molecule has 0 N–H and O–H groups in total. The summed E-state index contributed by atoms with van der Waals surface area (Å²) < 4.78 is 0. The van der Waals surface area contributed by atoms with Gasteiger partial charge in [0.15, 0.2) is 0 Å². The van der Waals surface area contributed by atoms with Gasteiger partial charge in [0.2, 0.25) is 0 Å². The first-order chi connectivity index (χ1) is 39.6. The van der Waals surface area contributed by atoms with Crippen LogP contribution in [-0.4, -0.2) is 11.7 Å². The van der Waals surface area contributed by atoms with Crippen molar-refractivity contribution in [1.29, 1.82) is 0 Å². The molecule has 2 aliphatic rings. The molecule has 0 amide bonds. The van der Waals surface area contributed by atoms with Crippen LogP contribution in [0.5, 0.6) is 0 Å². The van der Waals surface area contributed by atoms with Crippen molar-refractivity contribution in [1.82, 2.24) is 4.98 Å². The van der Waals surface area contributed by atoms with Crippen LogP contribution in [0.2, 0.25) is 0 Å². The van der Waals surface area contributed by atoms with Crippen molar-refractivity contribution in [2.75, 3.05) is 9.80 Å². The first-order valence-electron chi connectivity index (χ1n) is 29.8. The summed E-state index contributed by atoms with van der Waals surface area (Å²) in [6, 6.07) is 83.4. The zero-order valence-corrected chi connectivity index (χ0v) is 50.2. The van der Waals surface area contributed by atoms with Crippen molar-refractivity contribution in [2.45, 2.75) is 105 Å². The van der Waals surface area contributed by atoms with Crippen molar-refractivity contribution in [3.05, 3.63) is 241 Å². The summed E-state index contributed by atoms with van der Waals surface area (Å²) in [5, 5.41) is 9.86. The van der Waals surface area contributed by atoms with Gasteiger partial charge in [-0.1, -0.05) is 229 Å². The van der Waals surface area contributed by atoms with Crippen molar-refractivity contribution >= 4 is 100 Å². The third kappa shape index (κ3) is 9.01. The van der Waals surface area contributed by atoms with Crippen LogP contribution in [0.1, 0.15) is 105 Å². The summed E-state index contributed by atoms with van der Waals surface area (Å²) in [4.78, 5) is 10.8. The molecule has 0 aliphatic carbocycles. The molecule has 0 saturated heterocycles. The topological polar surface area (TPSA) is 19.4 Å². The molecule has 83 heavy (non-hydrogen) atoms. The van der Waals surface area contributed by atoms with Crippen LogP contribution in [0.4, 0.5) is 34.1 Å². The SMILES string of the molecule is CC(C)(C)c1cc(N2c3cc(-c4cc(-c5ccccc5)nc(-c5ccccc5)c4)cc4c3B(c3ccc5cc6ccccc6cc5c32)c2ccc3cc5ccccc5cc3c2N4c2cc(C(C)(C)C)cc(C(C)(C)C)c2)cc(C(C)(C)C)c1. The number of hydrogen-bond donors (Lipinski definition) is 0. The van der Waals surface area contributed by atoms with Crippen LogP contribution in [0, 0.1) is 0 Å². The smallest absolute Gasteiger partial charge is 0.252 e. The van der Waals surface area contributed by atoms with E-state index in [-0.39, 0.29) is 28.4 Å². The molecule has 11 aromatic carbocycles. The van der Waals surface area contributed by atoms with Gasteiger partial charge >= 0.3 is 0 Å². The van der Waals surface area contributed by atoms with E-state index in [2.05, 4.69) is 311 Å². The van der Waals surface area contributed by atoms with E-state index in [1.165, 1.54) is 116 Å². The molecule has 14 rings (SSSR count). The Balaban J connectivity index is 1.20. The van der Waals surface area contributed by atoms with Crippen LogP contribution in [-0.2, 0) is 21.7 Å². The highest BCUT2D eigenvalue weighted by molar-refractivity contribution is 7.00. The Labute approximate surface area is 491 Å². The Kier molecular flexibility index (Phi) is 11.9. The molecule has 0 fully saturated rings. The minimum Gasteiger partial charge on any atom is -0.311 e. The lowest BCUT2D eigenvalue weighted by atomic mass is 9.33. The molecule has 3 heterocycles. The van der Waals surface area contributed by atoms with E-state index in [9.17, 15) is 0 Å². The number of pyridine rings is 1. The molecular formula is C79H72BN3. The fourth-order valence-corrected chi connectivity index (χ4v) is 13.1. The summed E-state index contributed by atoms with van der Waals surface area (Å²) in [6.45, 7) is 28.2. The second-order valence-electron chi connectivity index (χ2n) is 27.8. The average Bonchev–Trinajstić information content (AvgIpc) is 1.09. The van der Waals surface area contributed by atoms with E-state index in [1.54, 1.807) is 0 Å². The van der Waals surface area contributed by atoms with Crippen LogP contribution >= 0.6 is 0 Å². The number of benzene rings is 11. The Morgan fingerprint density at radius 1 is 0.301 bits per heavy atom. The predicted molar refractivity (Wildman–Crippen MR) is 359 cm³/mol. The molecule has 12 aromatic rings. The zero-order chi connectivity index (χ0) is 57.5. The highest BCUT2D eigenvalue weighted by atomic mass is 15.2. The maximum absolute atomic E-state index is 5.47. The Morgan fingerprint density at radius 2 is 0.639 bits per heavy atom. The molecule has 0 unspecified atom stereocenters. The van der Waals surface area contributed by atoms with E-state index in [1.807, 2.05) is 0 Å². The summed E-state index contributed by atoms with van der Waals surface area (Å²) >= 11 is 0. The van der Waals surface area contributed by atoms with Crippen molar-refractivity contribution in [3.8, 4) is 33.6 Å². The number of aromatic nitrogens is 1. The average molecular weight is 1070 g/mol. The molecule has 0 spiro atoms. The first kappa shape index (κ1) is 52.4. The van der Waals surface area contributed by atoms with Gasteiger partial charge in [-0.05, 0) is 177 Å². The van der Waals surface area contributed by atoms with Gasteiger partial charge in [-0.15, -0.1) is 0 Å². The van der Waals surface area contributed by atoms with E-state index in [0.717, 1.165) is 33.6 Å². The first-order valence-corrected chi connectivity index (χ1v) is 29.8. The lowest BCUT2D eigenvalue weighted by Gasteiger charge is -2.46. The highest BCUT2D eigenvalue weighted by Crippen LogP contribution is 2.52. The van der Waals surface area contributed by atoms with Gasteiger partial charge in [0.05, 0.1) is 11.4 Å². The van der Waals surface area contributed by atoms with Gasteiger partial charge in [0, 0.05) is 56.0 Å². The van der Waals surface area contributed by atoms with E-state index >= 15 is 0 Å². The lowest BCUT2D eigenvalue weighted by molar-refractivity contribution is 0.568. The monoisotopic (exact) mass is 1070 g/mol. The van der Waals surface area contributed by atoms with Crippen molar-refractivity contribution < 1.29 is 0 Å². The van der Waals surface area contributed by atoms with Gasteiger partial charge < -0.3 is 9.80 Å². The summed E-state index contributed by atoms with van der Waals surface area (Å²) in [5.41, 5.74) is 22.0. The Hall–Kier alpha value is -8.73. The second kappa shape index (κ2) is 18.9. The quantitative estimate of drug-likeness (QED) is 0.126. The third-order valence-electron chi connectivity index (χ3n) is 17.9. The lowest BCUT2D eigenvalue weighted by Crippen LogP contribution is -2.61. The fourth-order valence-electron chi connectivity index (χ4n) is 13.1. The Morgan fingerprint density at radius 3 is 1.00 bits per heavy atom. The minimum atomic E-state index is -0.129. The summed E-state index contributed by atoms with van der Waals surface area (Å²) in [6.07, 6.45) is 0. The maximum atomic E-state index is 5.47. The third-order valence-corrected chi connectivity index (χ3v) is 17.9. The maximum Gasteiger partial charge on any atom is 0.252 e. The van der Waals surface area contributed by atoms with Gasteiger partial charge in [-0.25, -0.2) is 4.98 Å². The molecule has 0 radical (unpaired) electrons. The molecule has 0 atom stereocenters. The normalized spacial score (nSPS) is 13.5. The molecule has 4 heteroatoms. The standard InChI is InChI=1S/C79H72BN3/c1-76(2,3)59-43-60(77(4,5)6)46-63(45-59)82-71-41-58(57-39-69(49-23-15-13-16-24-49)81-70(40-57)50-25-17-14-18-26-50)42-72-73(71)80(67-33-31-55-35-51-27-19-21-29-53(51)37-65(55)74(67)82)68-34-32-56-36-52-28-20-22-30-54(52)38-66(56)75(68)83(72)64-47-61(78(7,8)9)44-62(48-64)79(10,11)12/h13-48H,1-12H3.